The van der Waals surface area contributed by atoms with Crippen molar-refractivity contribution in [3.8, 4) is 0 Å². The maximum atomic E-state index is 14.0. The van der Waals surface area contributed by atoms with Gasteiger partial charge in [-0.15, -0.1) is 0 Å². The van der Waals surface area contributed by atoms with E-state index in [0.717, 1.165) is 19.3 Å². The van der Waals surface area contributed by atoms with Crippen LogP contribution >= 0.6 is 0 Å². The second kappa shape index (κ2) is 9.22. The van der Waals surface area contributed by atoms with E-state index >= 15 is 0 Å². The molecule has 1 spiro atoms. The molecule has 0 saturated carbocycles. The summed E-state index contributed by atoms with van der Waals surface area (Å²) in [6.45, 7) is 7.12. The van der Waals surface area contributed by atoms with Crippen LogP contribution in [0.1, 0.15) is 52.9 Å². The molecule has 0 bridgehead atoms. The third-order valence-electron chi connectivity index (χ3n) is 7.22. The van der Waals surface area contributed by atoms with E-state index in [-0.39, 0.29) is 18.4 Å². The number of hydrogen-bond acceptors (Lipinski definition) is 6. The van der Waals surface area contributed by atoms with Crippen molar-refractivity contribution in [1.29, 1.82) is 0 Å². The molecule has 8 nitrogen and oxygen atoms in total. The molecule has 8 heteroatoms. The summed E-state index contributed by atoms with van der Waals surface area (Å²) in [6, 6.07) is -0.834. The van der Waals surface area contributed by atoms with Gasteiger partial charge in [-0.05, 0) is 52.9 Å². The van der Waals surface area contributed by atoms with Crippen LogP contribution in [0.15, 0.2) is 24.3 Å². The maximum Gasteiger partial charge on any atom is 0.312 e. The van der Waals surface area contributed by atoms with Crippen LogP contribution in [-0.4, -0.2) is 82.3 Å². The Morgan fingerprint density at radius 1 is 1.12 bits per heavy atom. The van der Waals surface area contributed by atoms with Crippen LogP contribution in [0.2, 0.25) is 0 Å². The predicted molar refractivity (Wildman–Crippen MR) is 121 cm³/mol. The quantitative estimate of drug-likeness (QED) is 0.382. The van der Waals surface area contributed by atoms with Gasteiger partial charge >= 0.3 is 5.97 Å². The van der Waals surface area contributed by atoms with Gasteiger partial charge in [0.05, 0.1) is 18.6 Å². The summed E-state index contributed by atoms with van der Waals surface area (Å²) in [5.74, 6) is -2.40. The first-order chi connectivity index (χ1) is 15.7. The summed E-state index contributed by atoms with van der Waals surface area (Å²) in [5.41, 5.74) is -1.64. The zero-order valence-corrected chi connectivity index (χ0v) is 19.9. The van der Waals surface area contributed by atoms with Gasteiger partial charge in [-0.1, -0.05) is 24.3 Å². The molecule has 2 amide bonds. The monoisotopic (exact) mass is 460 g/mol. The number of esters is 1. The molecule has 33 heavy (non-hydrogen) atoms. The minimum atomic E-state index is -1.21. The van der Waals surface area contributed by atoms with Crippen molar-refractivity contribution in [2.24, 2.45) is 11.8 Å². The fraction of sp³-hybridized carbons (Fsp3) is 0.720. The summed E-state index contributed by atoms with van der Waals surface area (Å²) in [4.78, 5) is 44.3. The molecule has 4 rings (SSSR count). The second-order valence-electron chi connectivity index (χ2n) is 10.4. The largest absolute Gasteiger partial charge is 0.465 e. The van der Waals surface area contributed by atoms with Gasteiger partial charge in [0.25, 0.3) is 0 Å². The number of ether oxygens (including phenoxy) is 2. The summed E-state index contributed by atoms with van der Waals surface area (Å²) in [5, 5.41) is 9.13. The van der Waals surface area contributed by atoms with E-state index in [4.69, 9.17) is 14.6 Å². The van der Waals surface area contributed by atoms with Gasteiger partial charge in [0.2, 0.25) is 11.8 Å². The highest BCUT2D eigenvalue weighted by molar-refractivity contribution is 5.99. The van der Waals surface area contributed by atoms with Gasteiger partial charge in [0.15, 0.2) is 0 Å². The number of amides is 2. The summed E-state index contributed by atoms with van der Waals surface area (Å²) >= 11 is 0. The molecule has 0 aromatic heterocycles. The number of allylic oxidation sites excluding steroid dienone is 1. The molecular formula is C25H36N2O6. The van der Waals surface area contributed by atoms with E-state index in [2.05, 4.69) is 0 Å². The maximum absolute atomic E-state index is 14.0. The number of carbonyl (C=O) groups excluding carboxylic acids is 3. The predicted octanol–water partition coefficient (Wildman–Crippen LogP) is 1.82. The highest BCUT2D eigenvalue weighted by atomic mass is 16.6. The standard InChI is InChI=1S/C25H36N2O6/c1-24(2,3)27-14-10-12-25-19(18-17(33-25)11-6-4-9-16-32-23(18)31)21(29)26(20(25)22(27)30)13-7-5-8-15-28/h6,10-12,17-20,28H,4-5,7-9,13-16H2,1-3H3/b11-6-/t17-,18+,19-,20?,25-/m0/s1. The van der Waals surface area contributed by atoms with Gasteiger partial charge in [-0.2, -0.15) is 0 Å². The number of rotatable bonds is 5. The van der Waals surface area contributed by atoms with E-state index in [0.29, 0.717) is 32.5 Å². The van der Waals surface area contributed by atoms with Crippen molar-refractivity contribution in [3.63, 3.8) is 0 Å². The first kappa shape index (κ1) is 24.0. The number of carbonyl (C=O) groups is 3. The summed E-state index contributed by atoms with van der Waals surface area (Å²) < 4.78 is 12.1. The third kappa shape index (κ3) is 4.12. The van der Waals surface area contributed by atoms with Crippen molar-refractivity contribution in [2.45, 2.75) is 76.2 Å². The van der Waals surface area contributed by atoms with Gasteiger partial charge in [-0.25, -0.2) is 0 Å². The van der Waals surface area contributed by atoms with Gasteiger partial charge in [0.1, 0.15) is 17.6 Å². The molecule has 1 unspecified atom stereocenters. The van der Waals surface area contributed by atoms with Crippen LogP contribution in [0, 0.1) is 11.8 Å². The molecule has 4 aliphatic heterocycles. The van der Waals surface area contributed by atoms with E-state index in [9.17, 15) is 14.4 Å². The summed E-state index contributed by atoms with van der Waals surface area (Å²) in [6.07, 6.45) is 10.5. The number of fused-ring (bicyclic) bond motifs is 2. The molecule has 5 atom stereocenters. The third-order valence-corrected chi connectivity index (χ3v) is 7.22. The Labute approximate surface area is 195 Å². The number of aliphatic hydroxyl groups is 1. The number of nitrogens with zero attached hydrogens (tertiary/aromatic N) is 2. The molecule has 0 radical (unpaired) electrons. The van der Waals surface area contributed by atoms with Crippen LogP contribution in [0.5, 0.6) is 0 Å². The minimum absolute atomic E-state index is 0.0917. The number of unbranched alkanes of at least 4 members (excludes halogenated alkanes) is 2. The molecule has 4 heterocycles. The zero-order chi connectivity index (χ0) is 23.8. The SMILES string of the molecule is CC(C)(C)N1CC=C[C@]23O[C@H]4/C=C\CCCOC(=O)[C@H]4[C@H]2C(=O)N(CCCCCO)C3C1=O. The van der Waals surface area contributed by atoms with E-state index < -0.39 is 41.1 Å². The summed E-state index contributed by atoms with van der Waals surface area (Å²) in [7, 11) is 0. The lowest BCUT2D eigenvalue weighted by Gasteiger charge is -2.40. The second-order valence-corrected chi connectivity index (χ2v) is 10.4. The topological polar surface area (TPSA) is 96.4 Å². The van der Waals surface area contributed by atoms with Crippen LogP contribution in [0.3, 0.4) is 0 Å². The average Bonchev–Trinajstić information content (AvgIpc) is 3.15. The minimum Gasteiger partial charge on any atom is -0.465 e. The fourth-order valence-electron chi connectivity index (χ4n) is 5.67. The smallest absolute Gasteiger partial charge is 0.312 e. The Morgan fingerprint density at radius 3 is 2.64 bits per heavy atom. The fourth-order valence-corrected chi connectivity index (χ4v) is 5.67. The molecule has 0 aliphatic carbocycles. The van der Waals surface area contributed by atoms with E-state index in [1.165, 1.54) is 0 Å². The first-order valence-electron chi connectivity index (χ1n) is 12.1. The van der Waals surface area contributed by atoms with E-state index in [1.54, 1.807) is 9.80 Å². The Kier molecular flexibility index (Phi) is 6.69. The number of cyclic esters (lactones) is 1. The molecule has 0 aromatic carbocycles. The Bertz CT molecular complexity index is 846. The Morgan fingerprint density at radius 2 is 1.91 bits per heavy atom. The molecule has 0 aromatic rings. The number of likely N-dealkylation sites (tertiary alicyclic amines) is 1. The molecule has 182 valence electrons. The van der Waals surface area contributed by atoms with Crippen LogP contribution in [0.25, 0.3) is 0 Å². The van der Waals surface area contributed by atoms with Gasteiger partial charge in [0, 0.05) is 25.2 Å². The molecule has 1 N–H and O–H groups in total. The number of aliphatic hydroxyl groups excluding tert-OH is 1. The molecular weight excluding hydrogens is 424 g/mol. The average molecular weight is 461 g/mol. The van der Waals surface area contributed by atoms with Crippen molar-refractivity contribution >= 4 is 17.8 Å². The number of hydrogen-bond donors (Lipinski definition) is 1. The molecule has 4 aliphatic rings. The Hall–Kier alpha value is -2.19. The van der Waals surface area contributed by atoms with Crippen molar-refractivity contribution in [3.05, 3.63) is 24.3 Å². The van der Waals surface area contributed by atoms with E-state index in [1.807, 2.05) is 45.1 Å². The lowest BCUT2D eigenvalue weighted by Crippen LogP contribution is -2.58. The van der Waals surface area contributed by atoms with Gasteiger partial charge in [-0.3, -0.25) is 14.4 Å². The highest BCUT2D eigenvalue weighted by Gasteiger charge is 2.71. The highest BCUT2D eigenvalue weighted by Crippen LogP contribution is 2.53. The van der Waals surface area contributed by atoms with Crippen molar-refractivity contribution < 1.29 is 29.0 Å². The van der Waals surface area contributed by atoms with Crippen molar-refractivity contribution in [1.82, 2.24) is 9.80 Å². The molecule has 2 saturated heterocycles. The van der Waals surface area contributed by atoms with Crippen LogP contribution in [0.4, 0.5) is 0 Å². The van der Waals surface area contributed by atoms with Crippen molar-refractivity contribution in [2.75, 3.05) is 26.3 Å². The zero-order valence-electron chi connectivity index (χ0n) is 19.9. The van der Waals surface area contributed by atoms with Crippen LogP contribution in [-0.2, 0) is 23.9 Å². The normalized spacial score (nSPS) is 35.2. The first-order valence-corrected chi connectivity index (χ1v) is 12.1. The van der Waals surface area contributed by atoms with Crippen LogP contribution < -0.4 is 0 Å². The lowest BCUT2D eigenvalue weighted by molar-refractivity contribution is -0.155. The Balaban J connectivity index is 1.77. The van der Waals surface area contributed by atoms with Gasteiger partial charge < -0.3 is 24.4 Å². The molecule has 2 fully saturated rings. The lowest BCUT2D eigenvalue weighted by atomic mass is 9.78.